The molecule has 0 amide bonds. The van der Waals surface area contributed by atoms with E-state index in [0.29, 0.717) is 25.3 Å². The average molecular weight is 390 g/mol. The van der Waals surface area contributed by atoms with Gasteiger partial charge >= 0.3 is 6.18 Å². The molecular weight excluding hydrogens is 364 g/mol. The van der Waals surface area contributed by atoms with Crippen LogP contribution < -0.4 is 4.90 Å². The third kappa shape index (κ3) is 4.73. The Balaban J connectivity index is 1.95. The summed E-state index contributed by atoms with van der Waals surface area (Å²) in [5.41, 5.74) is 1.59. The maximum atomic E-state index is 14.9. The molecule has 0 aromatic heterocycles. The lowest BCUT2D eigenvalue weighted by Gasteiger charge is -2.39. The van der Waals surface area contributed by atoms with E-state index in [2.05, 4.69) is 4.90 Å². The van der Waals surface area contributed by atoms with E-state index >= 15 is 0 Å². The minimum absolute atomic E-state index is 0.0572. The van der Waals surface area contributed by atoms with E-state index in [0.717, 1.165) is 18.7 Å². The molecule has 1 unspecified atom stereocenters. The van der Waals surface area contributed by atoms with Gasteiger partial charge in [0.2, 0.25) is 0 Å². The maximum absolute atomic E-state index is 14.9. The van der Waals surface area contributed by atoms with Crippen LogP contribution in [0.2, 0.25) is 0 Å². The third-order valence-electron chi connectivity index (χ3n) is 5.11. The zero-order valence-corrected chi connectivity index (χ0v) is 15.7. The van der Waals surface area contributed by atoms with Gasteiger partial charge in [-0.15, -0.1) is 0 Å². The molecule has 4 nitrogen and oxygen atoms in total. The van der Waals surface area contributed by atoms with Crippen LogP contribution in [0.25, 0.3) is 0 Å². The second-order valence-corrected chi connectivity index (χ2v) is 7.37. The van der Waals surface area contributed by atoms with Crippen LogP contribution in [0, 0.1) is 5.82 Å². The molecule has 1 aromatic carbocycles. The Bertz CT molecular complexity index is 645. The molecule has 0 N–H and O–H groups in total. The van der Waals surface area contributed by atoms with Crippen molar-refractivity contribution >= 4 is 5.69 Å². The number of hydrogen-bond donors (Lipinski definition) is 0. The highest BCUT2D eigenvalue weighted by molar-refractivity contribution is 5.54. The van der Waals surface area contributed by atoms with Gasteiger partial charge in [0.15, 0.2) is 0 Å². The predicted molar refractivity (Wildman–Crippen MR) is 94.6 cm³/mol. The second-order valence-electron chi connectivity index (χ2n) is 7.37. The summed E-state index contributed by atoms with van der Waals surface area (Å²) in [7, 11) is 0. The van der Waals surface area contributed by atoms with Gasteiger partial charge in [-0.3, -0.25) is 4.90 Å². The molecule has 0 saturated carbocycles. The van der Waals surface area contributed by atoms with E-state index in [1.165, 1.54) is 11.0 Å². The molecule has 8 heteroatoms. The first-order valence-electron chi connectivity index (χ1n) is 9.31. The Labute approximate surface area is 157 Å². The second kappa shape index (κ2) is 8.32. The molecule has 0 bridgehead atoms. The van der Waals surface area contributed by atoms with Crippen molar-refractivity contribution in [2.45, 2.75) is 38.5 Å². The van der Waals surface area contributed by atoms with Gasteiger partial charge in [-0.05, 0) is 29.2 Å². The van der Waals surface area contributed by atoms with Crippen molar-refractivity contribution in [3.8, 4) is 0 Å². The first-order chi connectivity index (χ1) is 12.8. The molecule has 0 spiro atoms. The summed E-state index contributed by atoms with van der Waals surface area (Å²) in [6.07, 6.45) is -4.43. The molecule has 1 aromatic rings. The number of alkyl halides is 3. The van der Waals surface area contributed by atoms with Crippen molar-refractivity contribution in [1.29, 1.82) is 0 Å². The number of anilines is 1. The number of ether oxygens (including phenoxy) is 2. The number of rotatable bonds is 4. The molecule has 2 saturated heterocycles. The van der Waals surface area contributed by atoms with E-state index < -0.39 is 24.6 Å². The Hall–Kier alpha value is -1.38. The number of nitrogens with zero attached hydrogens (tertiary/aromatic N) is 2. The first-order valence-corrected chi connectivity index (χ1v) is 9.31. The lowest BCUT2D eigenvalue weighted by Crippen LogP contribution is -2.53. The van der Waals surface area contributed by atoms with E-state index in [1.807, 2.05) is 13.8 Å². The standard InChI is InChI=1S/C19H26F4N2O2/c1-13(2)18-14(11-24-3-6-26-7-4-24)9-15(10-16(18)20)25-5-8-27-12-17(25)19(21,22)23/h9-10,13,17H,3-8,11-12H2,1-2H3. The van der Waals surface area contributed by atoms with Crippen molar-refractivity contribution in [3.05, 3.63) is 29.1 Å². The maximum Gasteiger partial charge on any atom is 0.411 e. The Morgan fingerprint density at radius 2 is 1.74 bits per heavy atom. The van der Waals surface area contributed by atoms with Gasteiger partial charge in [-0.2, -0.15) is 13.2 Å². The van der Waals surface area contributed by atoms with Crippen LogP contribution in [-0.2, 0) is 16.0 Å². The SMILES string of the molecule is CC(C)c1c(F)cc(N2CCOCC2C(F)(F)F)cc1CN1CCOCC1. The van der Waals surface area contributed by atoms with Gasteiger partial charge in [0.05, 0.1) is 26.4 Å². The molecular formula is C19H26F4N2O2. The Kier molecular flexibility index (Phi) is 6.28. The minimum atomic E-state index is -4.43. The van der Waals surface area contributed by atoms with Crippen LogP contribution in [0.15, 0.2) is 12.1 Å². The summed E-state index contributed by atoms with van der Waals surface area (Å²) >= 11 is 0. The van der Waals surface area contributed by atoms with Gasteiger partial charge in [-0.1, -0.05) is 13.8 Å². The zero-order valence-electron chi connectivity index (χ0n) is 15.7. The fourth-order valence-corrected chi connectivity index (χ4v) is 3.79. The number of hydrogen-bond acceptors (Lipinski definition) is 4. The van der Waals surface area contributed by atoms with Crippen molar-refractivity contribution < 1.29 is 27.0 Å². The summed E-state index contributed by atoms with van der Waals surface area (Å²) in [5.74, 6) is -0.503. The molecule has 2 aliphatic heterocycles. The summed E-state index contributed by atoms with van der Waals surface area (Å²) in [6, 6.07) is 1.20. The van der Waals surface area contributed by atoms with Crippen molar-refractivity contribution in [3.63, 3.8) is 0 Å². The van der Waals surface area contributed by atoms with Gasteiger partial charge in [0.1, 0.15) is 11.9 Å². The molecule has 27 heavy (non-hydrogen) atoms. The monoisotopic (exact) mass is 390 g/mol. The van der Waals surface area contributed by atoms with Crippen molar-refractivity contribution in [2.75, 3.05) is 51.0 Å². The Morgan fingerprint density at radius 3 is 2.37 bits per heavy atom. The molecule has 1 atom stereocenters. The lowest BCUT2D eigenvalue weighted by atomic mass is 9.94. The summed E-state index contributed by atoms with van der Waals surface area (Å²) < 4.78 is 65.5. The van der Waals surface area contributed by atoms with Crippen LogP contribution in [0.5, 0.6) is 0 Å². The van der Waals surface area contributed by atoms with Crippen LogP contribution in [-0.4, -0.2) is 63.2 Å². The van der Waals surface area contributed by atoms with Crippen molar-refractivity contribution in [1.82, 2.24) is 4.90 Å². The number of benzene rings is 1. The quantitative estimate of drug-likeness (QED) is 0.735. The predicted octanol–water partition coefficient (Wildman–Crippen LogP) is 3.55. The highest BCUT2D eigenvalue weighted by Gasteiger charge is 2.45. The van der Waals surface area contributed by atoms with Crippen LogP contribution in [0.1, 0.15) is 30.9 Å². The average Bonchev–Trinajstić information content (AvgIpc) is 2.61. The zero-order chi connectivity index (χ0) is 19.6. The van der Waals surface area contributed by atoms with E-state index in [1.54, 1.807) is 6.07 Å². The van der Waals surface area contributed by atoms with E-state index in [4.69, 9.17) is 9.47 Å². The third-order valence-corrected chi connectivity index (χ3v) is 5.11. The normalized spacial score (nSPS) is 22.5. The summed E-state index contributed by atoms with van der Waals surface area (Å²) in [5, 5.41) is 0. The molecule has 3 rings (SSSR count). The van der Waals surface area contributed by atoms with Crippen LogP contribution in [0.4, 0.5) is 23.2 Å². The lowest BCUT2D eigenvalue weighted by molar-refractivity contribution is -0.167. The molecule has 2 fully saturated rings. The molecule has 0 radical (unpaired) electrons. The van der Waals surface area contributed by atoms with Crippen LogP contribution >= 0.6 is 0 Å². The Morgan fingerprint density at radius 1 is 1.07 bits per heavy atom. The van der Waals surface area contributed by atoms with E-state index in [9.17, 15) is 17.6 Å². The number of halogens is 4. The van der Waals surface area contributed by atoms with Gasteiger partial charge < -0.3 is 14.4 Å². The molecule has 0 aliphatic carbocycles. The van der Waals surface area contributed by atoms with E-state index in [-0.39, 0.29) is 24.8 Å². The van der Waals surface area contributed by atoms with Gasteiger partial charge in [0.25, 0.3) is 0 Å². The van der Waals surface area contributed by atoms with Crippen LogP contribution in [0.3, 0.4) is 0 Å². The summed E-state index contributed by atoms with van der Waals surface area (Å²) in [6.45, 7) is 6.82. The fourth-order valence-electron chi connectivity index (χ4n) is 3.79. The molecule has 152 valence electrons. The molecule has 2 heterocycles. The number of morpholine rings is 2. The molecule has 2 aliphatic rings. The van der Waals surface area contributed by atoms with Gasteiger partial charge in [0, 0.05) is 31.9 Å². The highest BCUT2D eigenvalue weighted by atomic mass is 19.4. The summed E-state index contributed by atoms with van der Waals surface area (Å²) in [4.78, 5) is 3.37. The minimum Gasteiger partial charge on any atom is -0.379 e. The van der Waals surface area contributed by atoms with Gasteiger partial charge in [-0.25, -0.2) is 4.39 Å². The van der Waals surface area contributed by atoms with Crippen molar-refractivity contribution in [2.24, 2.45) is 0 Å². The largest absolute Gasteiger partial charge is 0.411 e. The first kappa shape index (κ1) is 20.4. The highest BCUT2D eigenvalue weighted by Crippen LogP contribution is 2.35. The fraction of sp³-hybridized carbons (Fsp3) is 0.684. The topological polar surface area (TPSA) is 24.9 Å². The smallest absolute Gasteiger partial charge is 0.379 e.